The van der Waals surface area contributed by atoms with E-state index in [-0.39, 0.29) is 32.1 Å². The van der Waals surface area contributed by atoms with Crippen molar-refractivity contribution < 1.29 is 39.1 Å². The highest BCUT2D eigenvalue weighted by Crippen LogP contribution is 2.50. The van der Waals surface area contributed by atoms with Gasteiger partial charge in [0.2, 0.25) is 24.1 Å². The Labute approximate surface area is 200 Å². The molecule has 0 unspecified atom stereocenters. The smallest absolute Gasteiger partial charge is 0.291 e. The zero-order chi connectivity index (χ0) is 24.5. The van der Waals surface area contributed by atoms with E-state index in [1.165, 1.54) is 4.90 Å². The first-order chi connectivity index (χ1) is 16.8. The van der Waals surface area contributed by atoms with E-state index in [1.807, 2.05) is 19.1 Å². The van der Waals surface area contributed by atoms with Crippen LogP contribution in [0.1, 0.15) is 29.5 Å². The molecule has 2 saturated heterocycles. The molecule has 4 aliphatic heterocycles. The number of fused-ring (bicyclic) bond motifs is 5. The van der Waals surface area contributed by atoms with Crippen LogP contribution in [0.2, 0.25) is 0 Å². The molecule has 2 aromatic rings. The number of ether oxygens (including phenoxy) is 2. The number of likely N-dealkylation sites (tertiary alicyclic amines) is 1. The van der Waals surface area contributed by atoms with Crippen LogP contribution in [0, 0.1) is 18.8 Å². The minimum absolute atomic E-state index is 0.0207. The highest BCUT2D eigenvalue weighted by Gasteiger charge is 2.74. The molecular formula is C25H23N3O7. The van der Waals surface area contributed by atoms with Crippen LogP contribution in [0.3, 0.4) is 0 Å². The minimum Gasteiger partial charge on any atom is -0.550 e. The molecule has 180 valence electrons. The predicted molar refractivity (Wildman–Crippen MR) is 117 cm³/mol. The summed E-state index contributed by atoms with van der Waals surface area (Å²) in [4.78, 5) is 53.4. The lowest BCUT2D eigenvalue weighted by Gasteiger charge is -2.26. The molecule has 4 aliphatic rings. The van der Waals surface area contributed by atoms with Gasteiger partial charge in [-0.3, -0.25) is 19.3 Å². The van der Waals surface area contributed by atoms with Crippen molar-refractivity contribution in [2.75, 3.05) is 12.1 Å². The molecule has 0 aromatic heterocycles. The Morgan fingerprint density at radius 3 is 2.74 bits per heavy atom. The SMILES string of the molecule is Cc1ccc2c(c1)[C@]1([NH2+][C@@H](CCC(=O)[O-])[C@H]3C(=O)N(Cc4ccc5c(c4)OCO5)C(=O)[C@H]31)C(=O)N2. The fourth-order valence-corrected chi connectivity index (χ4v) is 6.06. The number of carboxylic acid groups (broad SMARTS) is 1. The minimum atomic E-state index is -1.33. The predicted octanol–water partition coefficient (Wildman–Crippen LogP) is -0.852. The Hall–Kier alpha value is -3.92. The molecule has 4 atom stereocenters. The summed E-state index contributed by atoms with van der Waals surface area (Å²) in [7, 11) is 0. The number of nitrogens with zero attached hydrogens (tertiary/aromatic N) is 1. The van der Waals surface area contributed by atoms with Crippen molar-refractivity contribution in [1.82, 2.24) is 4.90 Å². The number of aryl methyl sites for hydroxylation is 1. The second-order valence-electron chi connectivity index (χ2n) is 9.57. The molecule has 0 aliphatic carbocycles. The summed E-state index contributed by atoms with van der Waals surface area (Å²) in [6.07, 6.45) is -0.164. The molecule has 2 fully saturated rings. The van der Waals surface area contributed by atoms with Crippen LogP contribution in [0.4, 0.5) is 5.69 Å². The maximum absolute atomic E-state index is 13.8. The van der Waals surface area contributed by atoms with E-state index in [2.05, 4.69) is 5.32 Å². The summed E-state index contributed by atoms with van der Waals surface area (Å²) in [5.74, 6) is -3.08. The molecule has 3 amide bonds. The largest absolute Gasteiger partial charge is 0.550 e. The van der Waals surface area contributed by atoms with E-state index in [9.17, 15) is 24.3 Å². The first-order valence-corrected chi connectivity index (χ1v) is 11.5. The number of aliphatic carboxylic acids is 1. The number of carbonyl (C=O) groups is 4. The van der Waals surface area contributed by atoms with E-state index in [0.29, 0.717) is 28.3 Å². The standard InChI is InChI=1S/C25H23N3O7/c1-12-2-4-15-14(8-12)25(24(33)26-15)21-20(16(27-25)5-7-19(29)30)22(31)28(23(21)32)10-13-3-6-17-18(9-13)35-11-34-17/h2-4,6,8-9,16,20-21,27H,5,7,10-11H2,1H3,(H,26,33)(H,29,30)/t16-,20+,21-,25+/m0/s1. The molecule has 10 heteroatoms. The van der Waals surface area contributed by atoms with Crippen molar-refractivity contribution in [2.24, 2.45) is 11.8 Å². The van der Waals surface area contributed by atoms with Gasteiger partial charge in [-0.15, -0.1) is 0 Å². The summed E-state index contributed by atoms with van der Waals surface area (Å²) in [5, 5.41) is 15.8. The van der Waals surface area contributed by atoms with Gasteiger partial charge in [0.15, 0.2) is 11.5 Å². The number of imide groups is 1. The van der Waals surface area contributed by atoms with Crippen molar-refractivity contribution in [3.8, 4) is 11.5 Å². The number of quaternary nitrogens is 1. The van der Waals surface area contributed by atoms with Crippen molar-refractivity contribution in [3.63, 3.8) is 0 Å². The second kappa shape index (κ2) is 7.54. The third-order valence-electron chi connectivity index (χ3n) is 7.58. The Morgan fingerprint density at radius 2 is 1.94 bits per heavy atom. The van der Waals surface area contributed by atoms with Gasteiger partial charge in [-0.05, 0) is 43.2 Å². The van der Waals surface area contributed by atoms with Crippen LogP contribution in [-0.2, 0) is 31.3 Å². The summed E-state index contributed by atoms with van der Waals surface area (Å²) in [5.41, 5.74) is 1.52. The first kappa shape index (κ1) is 21.6. The number of rotatable bonds is 5. The normalized spacial score (nSPS) is 28.0. The lowest BCUT2D eigenvalue weighted by molar-refractivity contribution is -0.734. The maximum Gasteiger partial charge on any atom is 0.291 e. The fraction of sp³-hybridized carbons (Fsp3) is 0.360. The van der Waals surface area contributed by atoms with Crippen molar-refractivity contribution in [3.05, 3.63) is 53.1 Å². The molecule has 1 spiro atoms. The Bertz CT molecular complexity index is 1310. The molecule has 4 heterocycles. The Balaban J connectivity index is 1.40. The summed E-state index contributed by atoms with van der Waals surface area (Å²) in [6.45, 7) is 2.02. The Morgan fingerprint density at radius 1 is 1.14 bits per heavy atom. The zero-order valence-corrected chi connectivity index (χ0v) is 18.9. The van der Waals surface area contributed by atoms with Crippen LogP contribution in [0.5, 0.6) is 11.5 Å². The van der Waals surface area contributed by atoms with Gasteiger partial charge in [0, 0.05) is 18.0 Å². The third kappa shape index (κ3) is 3.06. The number of benzene rings is 2. The van der Waals surface area contributed by atoms with E-state index in [4.69, 9.17) is 9.47 Å². The van der Waals surface area contributed by atoms with Gasteiger partial charge in [-0.1, -0.05) is 17.7 Å². The van der Waals surface area contributed by atoms with Gasteiger partial charge in [0.25, 0.3) is 5.91 Å². The molecule has 10 nitrogen and oxygen atoms in total. The molecule has 2 aromatic carbocycles. The monoisotopic (exact) mass is 477 g/mol. The number of carboxylic acids is 1. The van der Waals surface area contributed by atoms with Crippen LogP contribution < -0.4 is 25.2 Å². The molecule has 35 heavy (non-hydrogen) atoms. The average molecular weight is 477 g/mol. The maximum atomic E-state index is 13.8. The summed E-state index contributed by atoms with van der Waals surface area (Å²) >= 11 is 0. The van der Waals surface area contributed by atoms with Crippen LogP contribution >= 0.6 is 0 Å². The van der Waals surface area contributed by atoms with Gasteiger partial charge >= 0.3 is 0 Å². The van der Waals surface area contributed by atoms with E-state index >= 15 is 0 Å². The topological polar surface area (TPSA) is 142 Å². The molecule has 3 N–H and O–H groups in total. The summed E-state index contributed by atoms with van der Waals surface area (Å²) in [6, 6.07) is 10.2. The molecule has 0 radical (unpaired) electrons. The van der Waals surface area contributed by atoms with Gasteiger partial charge in [-0.25, -0.2) is 0 Å². The van der Waals surface area contributed by atoms with Gasteiger partial charge in [0.1, 0.15) is 17.9 Å². The molecule has 0 bridgehead atoms. The number of amides is 3. The third-order valence-corrected chi connectivity index (χ3v) is 7.58. The second-order valence-corrected chi connectivity index (χ2v) is 9.57. The van der Waals surface area contributed by atoms with Gasteiger partial charge in [-0.2, -0.15) is 0 Å². The molecule has 0 saturated carbocycles. The number of anilines is 1. The number of hydrogen-bond donors (Lipinski definition) is 2. The number of hydrogen-bond acceptors (Lipinski definition) is 7. The number of nitrogens with two attached hydrogens (primary N) is 1. The summed E-state index contributed by atoms with van der Waals surface area (Å²) < 4.78 is 10.7. The number of carbonyl (C=O) groups excluding carboxylic acids is 4. The first-order valence-electron chi connectivity index (χ1n) is 11.5. The molecule has 6 rings (SSSR count). The van der Waals surface area contributed by atoms with Gasteiger partial charge < -0.3 is 30.0 Å². The van der Waals surface area contributed by atoms with Crippen LogP contribution in [-0.4, -0.2) is 41.4 Å². The van der Waals surface area contributed by atoms with E-state index in [1.54, 1.807) is 29.6 Å². The average Bonchev–Trinajstić information content (AvgIpc) is 3.55. The van der Waals surface area contributed by atoms with Gasteiger partial charge in [0.05, 0.1) is 12.2 Å². The zero-order valence-electron chi connectivity index (χ0n) is 18.9. The Kier molecular flexibility index (Phi) is 4.65. The highest BCUT2D eigenvalue weighted by atomic mass is 16.7. The fourth-order valence-electron chi connectivity index (χ4n) is 6.06. The highest BCUT2D eigenvalue weighted by molar-refractivity contribution is 6.13. The van der Waals surface area contributed by atoms with Crippen LogP contribution in [0.25, 0.3) is 0 Å². The van der Waals surface area contributed by atoms with Crippen molar-refractivity contribution >= 4 is 29.4 Å². The quantitative estimate of drug-likeness (QED) is 0.534. The van der Waals surface area contributed by atoms with Crippen LogP contribution in [0.15, 0.2) is 36.4 Å². The lowest BCUT2D eigenvalue weighted by atomic mass is 9.76. The lowest BCUT2D eigenvalue weighted by Crippen LogP contribution is -2.99. The van der Waals surface area contributed by atoms with Crippen molar-refractivity contribution in [1.29, 1.82) is 0 Å². The number of nitrogens with one attached hydrogen (secondary N) is 1. The van der Waals surface area contributed by atoms with Crippen molar-refractivity contribution in [2.45, 2.75) is 37.9 Å². The van der Waals surface area contributed by atoms with E-state index in [0.717, 1.165) is 5.56 Å². The van der Waals surface area contributed by atoms with E-state index < -0.39 is 41.2 Å². The molecular weight excluding hydrogens is 454 g/mol.